The summed E-state index contributed by atoms with van der Waals surface area (Å²) in [6, 6.07) is 5.97. The van der Waals surface area contributed by atoms with Gasteiger partial charge in [0.2, 0.25) is 0 Å². The maximum Gasteiger partial charge on any atom is 0.414 e. The van der Waals surface area contributed by atoms with Crippen LogP contribution in [0.4, 0.5) is 10.5 Å². The maximum atomic E-state index is 12.2. The van der Waals surface area contributed by atoms with Crippen molar-refractivity contribution in [1.29, 1.82) is 0 Å². The summed E-state index contributed by atoms with van der Waals surface area (Å²) in [4.78, 5) is 19.6. The molecule has 27 heavy (non-hydrogen) atoms. The van der Waals surface area contributed by atoms with Gasteiger partial charge in [-0.15, -0.1) is 12.8 Å². The summed E-state index contributed by atoms with van der Waals surface area (Å²) < 4.78 is 11.1. The number of benzene rings is 1. The van der Waals surface area contributed by atoms with Gasteiger partial charge in [-0.2, -0.15) is 5.48 Å². The predicted octanol–water partition coefficient (Wildman–Crippen LogP) is 1.43. The molecule has 0 radical (unpaired) electrons. The number of nitrogens with two attached hydrogens (primary N) is 1. The Morgan fingerprint density at radius 2 is 2.26 bits per heavy atom. The van der Waals surface area contributed by atoms with E-state index in [9.17, 15) is 4.79 Å². The van der Waals surface area contributed by atoms with Gasteiger partial charge in [0.15, 0.2) is 5.76 Å². The van der Waals surface area contributed by atoms with Crippen LogP contribution in [0.15, 0.2) is 23.8 Å². The third-order valence-electron chi connectivity index (χ3n) is 4.83. The molecule has 0 spiro atoms. The smallest absolute Gasteiger partial charge is 0.414 e. The molecule has 3 aliphatic rings. The van der Waals surface area contributed by atoms with E-state index >= 15 is 0 Å². The number of amides is 1. The fourth-order valence-electron chi connectivity index (χ4n) is 3.54. The number of hydrogen-bond acceptors (Lipinski definition) is 8. The zero-order valence-electron chi connectivity index (χ0n) is 15.4. The third kappa shape index (κ3) is 4.39. The zero-order chi connectivity index (χ0) is 19.2. The number of anilines is 1. The first-order valence-electron chi connectivity index (χ1n) is 8.93. The van der Waals surface area contributed by atoms with Crippen molar-refractivity contribution in [3.8, 4) is 0 Å². The van der Waals surface area contributed by atoms with Crippen molar-refractivity contribution >= 4 is 30.4 Å². The number of thiol groups is 1. The highest BCUT2D eigenvalue weighted by molar-refractivity contribution is 7.77. The molecular weight excluding hydrogens is 368 g/mol. The van der Waals surface area contributed by atoms with Gasteiger partial charge < -0.3 is 19.6 Å². The van der Waals surface area contributed by atoms with E-state index in [0.29, 0.717) is 26.4 Å². The molecule has 8 nitrogen and oxygen atoms in total. The van der Waals surface area contributed by atoms with Gasteiger partial charge in [-0.1, -0.05) is 0 Å². The summed E-state index contributed by atoms with van der Waals surface area (Å²) in [6.45, 7) is 3.82. The van der Waals surface area contributed by atoms with E-state index in [1.54, 1.807) is 4.90 Å². The lowest BCUT2D eigenvalue weighted by Crippen LogP contribution is -2.46. The summed E-state index contributed by atoms with van der Waals surface area (Å²) in [7, 11) is 1.91. The molecule has 1 aromatic carbocycles. The van der Waals surface area contributed by atoms with E-state index in [1.807, 2.05) is 25.2 Å². The number of hydroxylamine groups is 1. The molecule has 0 saturated carbocycles. The Labute approximate surface area is 164 Å². The summed E-state index contributed by atoms with van der Waals surface area (Å²) >= 11 is 3.03. The Balaban J connectivity index is 0.00000102. The summed E-state index contributed by atoms with van der Waals surface area (Å²) in [6.07, 6.45) is 0.575. The van der Waals surface area contributed by atoms with Gasteiger partial charge in [-0.3, -0.25) is 10.0 Å². The van der Waals surface area contributed by atoms with E-state index in [-0.39, 0.29) is 12.0 Å². The summed E-state index contributed by atoms with van der Waals surface area (Å²) in [5.74, 6) is 1.18. The summed E-state index contributed by atoms with van der Waals surface area (Å²) in [5, 5.41) is 7.34. The van der Waals surface area contributed by atoms with Crippen LogP contribution >= 0.6 is 12.8 Å². The number of rotatable bonds is 3. The third-order valence-corrected chi connectivity index (χ3v) is 4.83. The van der Waals surface area contributed by atoms with Crippen LogP contribution in [0.5, 0.6) is 0 Å². The zero-order valence-corrected chi connectivity index (χ0v) is 16.3. The molecule has 1 atom stereocenters. The molecule has 0 aromatic heterocycles. The van der Waals surface area contributed by atoms with Crippen LogP contribution < -0.4 is 20.8 Å². The van der Waals surface area contributed by atoms with E-state index in [2.05, 4.69) is 28.8 Å². The van der Waals surface area contributed by atoms with Crippen LogP contribution in [0.2, 0.25) is 0 Å². The van der Waals surface area contributed by atoms with Gasteiger partial charge >= 0.3 is 6.09 Å². The van der Waals surface area contributed by atoms with Crippen LogP contribution in [-0.2, 0) is 20.9 Å². The van der Waals surface area contributed by atoms with E-state index < -0.39 is 0 Å². The topological polar surface area (TPSA) is 98.1 Å². The molecule has 4 N–H and O–H groups in total. The first-order valence-corrected chi connectivity index (χ1v) is 9.45. The molecule has 3 aliphatic heterocycles. The molecule has 0 bridgehead atoms. The Morgan fingerprint density at radius 3 is 3.07 bits per heavy atom. The van der Waals surface area contributed by atoms with Crippen LogP contribution in [0.25, 0.3) is 5.76 Å². The molecule has 1 unspecified atom stereocenters. The van der Waals surface area contributed by atoms with Crippen LogP contribution in [0.1, 0.15) is 17.5 Å². The highest BCUT2D eigenvalue weighted by atomic mass is 32.1. The Hall–Kier alpha value is -1.78. The van der Waals surface area contributed by atoms with Crippen molar-refractivity contribution in [3.63, 3.8) is 0 Å². The normalized spacial score (nSPS) is 21.8. The monoisotopic (exact) mass is 394 g/mol. The lowest BCUT2D eigenvalue weighted by Gasteiger charge is -2.32. The predicted molar refractivity (Wildman–Crippen MR) is 106 cm³/mol. The van der Waals surface area contributed by atoms with Gasteiger partial charge in [0, 0.05) is 30.3 Å². The first kappa shape index (κ1) is 20.0. The molecular formula is C18H26N4O4S. The minimum atomic E-state index is -0.294. The second-order valence-electron chi connectivity index (χ2n) is 6.61. The fourth-order valence-corrected chi connectivity index (χ4v) is 3.54. The maximum absolute atomic E-state index is 12.2. The summed E-state index contributed by atoms with van der Waals surface area (Å²) in [5.41, 5.74) is 7.06. The molecule has 3 heterocycles. The van der Waals surface area contributed by atoms with Gasteiger partial charge in [-0.25, -0.2) is 4.79 Å². The standard InChI is InChI=1S/C18H23N3O4.H3NS/c1-19-7-12-9-21(18(22)24-10-12)15-2-3-16-14(6-15)11-23-5-4-13-8-20-25-17(13)16;1-2/h2-3,6,12,19-20H,4-5,7-11H2,1H3;2H,1H2. The second kappa shape index (κ2) is 9.43. The fraction of sp³-hybridized carbons (Fsp3) is 0.500. The number of carbonyl (C=O) groups is 1. The lowest BCUT2D eigenvalue weighted by atomic mass is 9.99. The number of fused-ring (bicyclic) bond motifs is 2. The molecule has 148 valence electrons. The number of nitrogens with one attached hydrogen (secondary N) is 2. The van der Waals surface area contributed by atoms with Crippen LogP contribution in [-0.4, -0.2) is 46.0 Å². The molecule has 4 rings (SSSR count). The molecule has 0 aliphatic carbocycles. The number of cyclic esters (lactones) is 1. The SMILES string of the molecule is CNCC1COC(=O)N(c2ccc3c(c2)COCCC2=C3ONC2)C1.NS. The average Bonchev–Trinajstić information content (AvgIpc) is 3.14. The molecule has 9 heteroatoms. The second-order valence-corrected chi connectivity index (χ2v) is 6.61. The van der Waals surface area contributed by atoms with Crippen molar-refractivity contribution in [2.45, 2.75) is 13.0 Å². The first-order chi connectivity index (χ1) is 13.3. The van der Waals surface area contributed by atoms with E-state index in [4.69, 9.17) is 14.3 Å². The molecule has 1 amide bonds. The largest absolute Gasteiger partial charge is 0.449 e. The Morgan fingerprint density at radius 1 is 1.41 bits per heavy atom. The van der Waals surface area contributed by atoms with Gasteiger partial charge in [0.25, 0.3) is 0 Å². The lowest BCUT2D eigenvalue weighted by molar-refractivity contribution is 0.115. The number of nitrogens with zero attached hydrogens (tertiary/aromatic N) is 1. The average molecular weight is 394 g/mol. The number of hydrogen-bond donors (Lipinski definition) is 4. The minimum Gasteiger partial charge on any atom is -0.449 e. The number of carbonyl (C=O) groups excluding carboxylic acids is 1. The van der Waals surface area contributed by atoms with Gasteiger partial charge in [0.05, 0.1) is 26.4 Å². The van der Waals surface area contributed by atoms with Crippen molar-refractivity contribution in [2.24, 2.45) is 11.1 Å². The minimum absolute atomic E-state index is 0.276. The van der Waals surface area contributed by atoms with E-state index in [1.165, 1.54) is 5.57 Å². The van der Waals surface area contributed by atoms with Crippen molar-refractivity contribution in [2.75, 3.05) is 44.8 Å². The molecule has 1 fully saturated rings. The van der Waals surface area contributed by atoms with Crippen LogP contribution in [0, 0.1) is 5.92 Å². The van der Waals surface area contributed by atoms with Crippen molar-refractivity contribution in [3.05, 3.63) is 34.9 Å². The van der Waals surface area contributed by atoms with Gasteiger partial charge in [-0.05, 0) is 42.8 Å². The highest BCUT2D eigenvalue weighted by Crippen LogP contribution is 2.33. The van der Waals surface area contributed by atoms with E-state index in [0.717, 1.165) is 42.1 Å². The molecule has 1 aromatic rings. The number of ether oxygens (including phenoxy) is 2. The molecule has 1 saturated heterocycles. The highest BCUT2D eigenvalue weighted by Gasteiger charge is 2.29. The Kier molecular flexibility index (Phi) is 6.97. The Bertz CT molecular complexity index is 713. The van der Waals surface area contributed by atoms with Crippen molar-refractivity contribution < 1.29 is 19.1 Å². The van der Waals surface area contributed by atoms with Crippen molar-refractivity contribution in [1.82, 2.24) is 10.8 Å². The van der Waals surface area contributed by atoms with Crippen LogP contribution in [0.3, 0.4) is 0 Å². The van der Waals surface area contributed by atoms with Gasteiger partial charge in [0.1, 0.15) is 0 Å². The quantitative estimate of drug-likeness (QED) is 0.576.